The lowest BCUT2D eigenvalue weighted by molar-refractivity contribution is 0.187. The molecule has 0 radical (unpaired) electrons. The number of epoxide rings is 2. The molecule has 0 bridgehead atoms. The van der Waals surface area contributed by atoms with Crippen molar-refractivity contribution in [3.8, 4) is 17.2 Å². The molecule has 3 aromatic carbocycles. The minimum absolute atomic E-state index is 0.197. The average molecular weight is 605 g/mol. The minimum Gasteiger partial charge on any atom is -0.495 e. The van der Waals surface area contributed by atoms with Gasteiger partial charge in [0, 0.05) is 0 Å². The number of hydrogen-bond acceptors (Lipinski definition) is 6. The van der Waals surface area contributed by atoms with Gasteiger partial charge in [0.2, 0.25) is 0 Å². The molecule has 6 heteroatoms. The van der Waals surface area contributed by atoms with E-state index in [0.717, 1.165) is 58.1 Å². The molecule has 2 aliphatic rings. The van der Waals surface area contributed by atoms with Gasteiger partial charge in [-0.1, -0.05) is 50.1 Å². The lowest BCUT2D eigenvalue weighted by Crippen LogP contribution is -2.04. The van der Waals surface area contributed by atoms with E-state index in [2.05, 4.69) is 26.7 Å². The van der Waals surface area contributed by atoms with Crippen LogP contribution in [0.15, 0.2) is 97.7 Å². The van der Waals surface area contributed by atoms with Gasteiger partial charge in [-0.05, 0) is 115 Å². The third-order valence-corrected chi connectivity index (χ3v) is 7.28. The molecule has 2 fully saturated rings. The predicted molar refractivity (Wildman–Crippen MR) is 182 cm³/mol. The number of benzene rings is 3. The van der Waals surface area contributed by atoms with Crippen LogP contribution in [-0.2, 0) is 14.2 Å². The Kier molecular flexibility index (Phi) is 10.4. The fourth-order valence-electron chi connectivity index (χ4n) is 4.57. The summed E-state index contributed by atoms with van der Waals surface area (Å²) in [6, 6.07) is 17.7. The molecule has 2 heterocycles. The minimum atomic E-state index is 0.197. The lowest BCUT2D eigenvalue weighted by atomic mass is 10.1. The fourth-order valence-corrected chi connectivity index (χ4v) is 4.57. The molecule has 0 amide bonds. The van der Waals surface area contributed by atoms with Gasteiger partial charge in [0.15, 0.2) is 0 Å². The molecule has 0 aromatic heterocycles. The maximum Gasteiger partial charge on any atom is 0.128 e. The normalized spacial score (nSPS) is 17.7. The van der Waals surface area contributed by atoms with Crippen LogP contribution in [0.2, 0.25) is 0 Å². The Balaban J connectivity index is 1.32. The van der Waals surface area contributed by atoms with Crippen LogP contribution >= 0.6 is 0 Å². The first-order valence-electron chi connectivity index (χ1n) is 15.0. The molecule has 6 nitrogen and oxygen atoms in total. The Morgan fingerprint density at radius 1 is 0.689 bits per heavy atom. The molecular formula is C39H40O6. The van der Waals surface area contributed by atoms with Crippen LogP contribution in [0.3, 0.4) is 0 Å². The number of aryl methyl sites for hydroxylation is 1. The highest BCUT2D eigenvalue weighted by atomic mass is 16.6. The van der Waals surface area contributed by atoms with E-state index in [4.69, 9.17) is 28.4 Å². The highest BCUT2D eigenvalue weighted by Crippen LogP contribution is 2.28. The standard InChI is InChI=1S/C39H40O6/c1-7-29-11-14-36(20-32(29)16-27(5)40-22-38-24-42-38)44-28(6)17-33-21-37(15-12-30(33)8-2)45-34(9-3)18-31-19-35(13-10-26(31)4)41-23-39-25-43-39/h7-21,38-39H,1-3,22-25H2,4-6H3/b27-16+,28-17+,34-18+. The highest BCUT2D eigenvalue weighted by molar-refractivity contribution is 5.69. The molecule has 2 unspecified atom stereocenters. The fraction of sp³-hybridized carbons (Fsp3) is 0.231. The topological polar surface area (TPSA) is 62.0 Å². The van der Waals surface area contributed by atoms with Crippen LogP contribution in [0.4, 0.5) is 0 Å². The van der Waals surface area contributed by atoms with Gasteiger partial charge in [0.1, 0.15) is 54.2 Å². The number of allylic oxidation sites excluding steroid dienone is 3. The maximum absolute atomic E-state index is 6.27. The molecule has 2 atom stereocenters. The van der Waals surface area contributed by atoms with Crippen LogP contribution in [0.5, 0.6) is 17.2 Å². The largest absolute Gasteiger partial charge is 0.495 e. The molecule has 0 saturated carbocycles. The zero-order chi connectivity index (χ0) is 31.8. The van der Waals surface area contributed by atoms with E-state index in [9.17, 15) is 0 Å². The second-order valence-electron chi connectivity index (χ2n) is 11.0. The van der Waals surface area contributed by atoms with Crippen LogP contribution < -0.4 is 14.2 Å². The molecular weight excluding hydrogens is 564 g/mol. The summed E-state index contributed by atoms with van der Waals surface area (Å²) in [6.07, 6.45) is 11.6. The first-order valence-corrected chi connectivity index (χ1v) is 15.0. The number of hydrogen-bond donors (Lipinski definition) is 0. The van der Waals surface area contributed by atoms with Crippen molar-refractivity contribution in [1.82, 2.24) is 0 Å². The van der Waals surface area contributed by atoms with E-state index < -0.39 is 0 Å². The Hall–Kier alpha value is -4.78. The van der Waals surface area contributed by atoms with Gasteiger partial charge in [-0.15, -0.1) is 0 Å². The van der Waals surface area contributed by atoms with Crippen molar-refractivity contribution in [2.24, 2.45) is 0 Å². The molecule has 45 heavy (non-hydrogen) atoms. The third-order valence-electron chi connectivity index (χ3n) is 7.28. The Labute approximate surface area is 266 Å². The SMILES string of the molecule is C=C/C(=C\c1cc(OCC2CO2)ccc1C)Oc1ccc(C=C)c(/C=C(\C)Oc2ccc(C=C)c(/C=C(\C)OCC3CO3)c2)c1. The number of rotatable bonds is 16. The zero-order valence-electron chi connectivity index (χ0n) is 26.2. The summed E-state index contributed by atoms with van der Waals surface area (Å²) in [5.41, 5.74) is 5.89. The average Bonchev–Trinajstić information content (AvgIpc) is 3.96. The molecule has 3 aromatic rings. The summed E-state index contributed by atoms with van der Waals surface area (Å²) < 4.78 is 34.7. The van der Waals surface area contributed by atoms with Crippen molar-refractivity contribution in [3.05, 3.63) is 131 Å². The van der Waals surface area contributed by atoms with E-state index in [0.29, 0.717) is 36.2 Å². The van der Waals surface area contributed by atoms with E-state index in [1.807, 2.05) is 98.8 Å². The summed E-state index contributed by atoms with van der Waals surface area (Å²) >= 11 is 0. The first-order chi connectivity index (χ1) is 21.8. The van der Waals surface area contributed by atoms with Gasteiger partial charge in [0.25, 0.3) is 0 Å². The lowest BCUT2D eigenvalue weighted by Gasteiger charge is -2.13. The Bertz CT molecular complexity index is 1650. The second kappa shape index (κ2) is 14.8. The van der Waals surface area contributed by atoms with Crippen molar-refractivity contribution in [2.45, 2.75) is 33.0 Å². The van der Waals surface area contributed by atoms with Gasteiger partial charge >= 0.3 is 0 Å². The summed E-state index contributed by atoms with van der Waals surface area (Å²) in [5.74, 6) is 4.28. The highest BCUT2D eigenvalue weighted by Gasteiger charge is 2.23. The van der Waals surface area contributed by atoms with Crippen LogP contribution in [0.25, 0.3) is 30.4 Å². The Morgan fingerprint density at radius 2 is 1.24 bits per heavy atom. The van der Waals surface area contributed by atoms with Crippen molar-refractivity contribution in [1.29, 1.82) is 0 Å². The second-order valence-corrected chi connectivity index (χ2v) is 11.0. The van der Waals surface area contributed by atoms with Crippen molar-refractivity contribution in [2.75, 3.05) is 26.4 Å². The summed E-state index contributed by atoms with van der Waals surface area (Å²) in [7, 11) is 0. The zero-order valence-corrected chi connectivity index (χ0v) is 26.2. The van der Waals surface area contributed by atoms with Gasteiger partial charge in [-0.2, -0.15) is 0 Å². The molecule has 232 valence electrons. The molecule has 5 rings (SSSR count). The van der Waals surface area contributed by atoms with Gasteiger partial charge in [-0.25, -0.2) is 0 Å². The van der Waals surface area contributed by atoms with Crippen molar-refractivity contribution >= 4 is 30.4 Å². The molecule has 0 aliphatic carbocycles. The van der Waals surface area contributed by atoms with E-state index in [1.54, 1.807) is 6.08 Å². The molecule has 2 aliphatic heterocycles. The van der Waals surface area contributed by atoms with E-state index in [-0.39, 0.29) is 12.2 Å². The predicted octanol–water partition coefficient (Wildman–Crippen LogP) is 8.88. The van der Waals surface area contributed by atoms with Gasteiger partial charge in [-0.3, -0.25) is 0 Å². The van der Waals surface area contributed by atoms with E-state index >= 15 is 0 Å². The monoisotopic (exact) mass is 604 g/mol. The van der Waals surface area contributed by atoms with Crippen LogP contribution in [-0.4, -0.2) is 38.6 Å². The van der Waals surface area contributed by atoms with Crippen LogP contribution in [0.1, 0.15) is 47.2 Å². The number of ether oxygens (including phenoxy) is 6. The molecule has 0 spiro atoms. The molecule has 0 N–H and O–H groups in total. The quantitative estimate of drug-likeness (QED) is 0.0925. The van der Waals surface area contributed by atoms with Crippen molar-refractivity contribution in [3.63, 3.8) is 0 Å². The van der Waals surface area contributed by atoms with E-state index in [1.165, 1.54) is 0 Å². The van der Waals surface area contributed by atoms with Gasteiger partial charge < -0.3 is 28.4 Å². The molecule has 2 saturated heterocycles. The van der Waals surface area contributed by atoms with Crippen molar-refractivity contribution < 1.29 is 28.4 Å². The summed E-state index contributed by atoms with van der Waals surface area (Å²) in [4.78, 5) is 0. The third kappa shape index (κ3) is 9.35. The summed E-state index contributed by atoms with van der Waals surface area (Å²) in [6.45, 7) is 20.4. The first kappa shape index (κ1) is 31.6. The van der Waals surface area contributed by atoms with Gasteiger partial charge in [0.05, 0.1) is 19.0 Å². The smallest absolute Gasteiger partial charge is 0.128 e. The maximum atomic E-state index is 6.27. The van der Waals surface area contributed by atoms with Crippen LogP contribution in [0, 0.1) is 6.92 Å². The summed E-state index contributed by atoms with van der Waals surface area (Å²) in [5, 5.41) is 0. The Morgan fingerprint density at radius 3 is 1.84 bits per heavy atom.